The highest BCUT2D eigenvalue weighted by atomic mass is 127. The summed E-state index contributed by atoms with van der Waals surface area (Å²) in [4.78, 5) is 25.5. The van der Waals surface area contributed by atoms with E-state index in [1.54, 1.807) is 24.3 Å². The van der Waals surface area contributed by atoms with Gasteiger partial charge in [0.05, 0.1) is 20.3 Å². The van der Waals surface area contributed by atoms with E-state index in [1.165, 1.54) is 25.5 Å². The van der Waals surface area contributed by atoms with E-state index in [-0.39, 0.29) is 44.6 Å². The van der Waals surface area contributed by atoms with E-state index >= 15 is 4.39 Å². The Morgan fingerprint density at radius 3 is 2.64 bits per heavy atom. The number of nitrogens with zero attached hydrogens (tertiary/aromatic N) is 4. The maximum atomic E-state index is 16.0. The van der Waals surface area contributed by atoms with Crippen LogP contribution in [0.3, 0.4) is 0 Å². The summed E-state index contributed by atoms with van der Waals surface area (Å²) in [6.45, 7) is 7.89. The Labute approximate surface area is 284 Å². The van der Waals surface area contributed by atoms with E-state index in [0.717, 1.165) is 5.39 Å². The van der Waals surface area contributed by atoms with Crippen LogP contribution in [-0.2, 0) is 23.4 Å². The molecule has 0 spiro atoms. The van der Waals surface area contributed by atoms with Crippen molar-refractivity contribution in [1.82, 2.24) is 24.6 Å². The number of hydrogen-bond donors (Lipinski definition) is 3. The number of ether oxygens (including phenoxy) is 3. The van der Waals surface area contributed by atoms with Gasteiger partial charge in [-0.2, -0.15) is 15.1 Å². The lowest BCUT2D eigenvalue weighted by molar-refractivity contribution is -0.148. The number of nitrogen functional groups attached to an aromatic ring is 1. The van der Waals surface area contributed by atoms with Gasteiger partial charge < -0.3 is 29.6 Å². The van der Waals surface area contributed by atoms with Gasteiger partial charge in [0.15, 0.2) is 27.4 Å². The van der Waals surface area contributed by atoms with E-state index < -0.39 is 50.5 Å². The molecule has 0 saturated carbocycles. The number of hydrogen-bond acceptors (Lipinski definition) is 12. The summed E-state index contributed by atoms with van der Waals surface area (Å²) >= 11 is 1.89. The van der Waals surface area contributed by atoms with Gasteiger partial charge in [0.25, 0.3) is 0 Å². The van der Waals surface area contributed by atoms with Crippen molar-refractivity contribution >= 4 is 64.2 Å². The lowest BCUT2D eigenvalue weighted by atomic mass is 9.98. The van der Waals surface area contributed by atoms with Crippen LogP contribution >= 0.6 is 30.3 Å². The number of halogens is 2. The van der Waals surface area contributed by atoms with Crippen LogP contribution in [0, 0.1) is 9.25 Å². The molecule has 0 radical (unpaired) electrons. The minimum atomic E-state index is -4.44. The average Bonchev–Trinajstić information content (AvgIpc) is 3.44. The number of alkyl halides is 1. The van der Waals surface area contributed by atoms with Crippen LogP contribution in [-0.4, -0.2) is 74.8 Å². The number of rotatable bonds is 11. The number of nitrogens with one attached hydrogen (secondary N) is 1. The maximum Gasteiger partial charge on any atom is 0.459 e. The van der Waals surface area contributed by atoms with Crippen molar-refractivity contribution in [3.05, 3.63) is 46.3 Å². The predicted molar refractivity (Wildman–Crippen MR) is 180 cm³/mol. The van der Waals surface area contributed by atoms with E-state index in [2.05, 4.69) is 20.0 Å². The number of benzene rings is 2. The fraction of sp³-hybridized carbons (Fsp3) is 0.467. The molecular formula is C30H37FIN6O8P. The molecule has 2 aromatic heterocycles. The van der Waals surface area contributed by atoms with Crippen LogP contribution in [0.1, 0.15) is 40.8 Å². The van der Waals surface area contributed by atoms with Crippen LogP contribution in [0.4, 0.5) is 10.3 Å². The molecule has 2 aromatic carbocycles. The predicted octanol–water partition coefficient (Wildman–Crippen LogP) is 4.93. The van der Waals surface area contributed by atoms with Gasteiger partial charge in [-0.15, -0.1) is 0 Å². The first-order valence-corrected chi connectivity index (χ1v) is 17.3. The van der Waals surface area contributed by atoms with Gasteiger partial charge in [0.1, 0.15) is 23.5 Å². The third-order valence-electron chi connectivity index (χ3n) is 7.33. The highest BCUT2D eigenvalue weighted by molar-refractivity contribution is 14.1. The largest absolute Gasteiger partial charge is 0.479 e. The van der Waals surface area contributed by atoms with Gasteiger partial charge in [-0.3, -0.25) is 13.9 Å². The number of imidazole rings is 1. The molecular weight excluding hydrogens is 749 g/mol. The molecule has 2 unspecified atom stereocenters. The van der Waals surface area contributed by atoms with Crippen molar-refractivity contribution in [1.29, 1.82) is 0 Å². The zero-order chi connectivity index (χ0) is 34.3. The van der Waals surface area contributed by atoms with Gasteiger partial charge in [0.2, 0.25) is 11.8 Å². The third kappa shape index (κ3) is 7.47. The molecule has 5 rings (SSSR count). The fourth-order valence-corrected chi connectivity index (χ4v) is 7.23. The van der Waals surface area contributed by atoms with Gasteiger partial charge >= 0.3 is 13.7 Å². The first-order valence-electron chi connectivity index (χ1n) is 14.7. The number of carbonyl (C=O) groups excluding carboxylic acids is 1. The number of anilines is 1. The molecule has 17 heteroatoms. The normalized spacial score (nSPS) is 23.5. The molecule has 4 N–H and O–H groups in total. The Morgan fingerprint density at radius 2 is 1.94 bits per heavy atom. The smallest absolute Gasteiger partial charge is 0.459 e. The molecule has 0 amide bonds. The lowest BCUT2D eigenvalue weighted by Gasteiger charge is -2.27. The number of aromatic nitrogens is 4. The van der Waals surface area contributed by atoms with Crippen LogP contribution in [0.15, 0.2) is 42.5 Å². The Bertz CT molecular complexity index is 1830. The van der Waals surface area contributed by atoms with E-state index in [1.807, 2.05) is 61.6 Å². The summed E-state index contributed by atoms with van der Waals surface area (Å²) in [6, 6.07) is 11.3. The topological polar surface area (TPSA) is 182 Å². The summed E-state index contributed by atoms with van der Waals surface area (Å²) in [5, 5.41) is 15.4. The highest BCUT2D eigenvalue weighted by Gasteiger charge is 2.56. The molecule has 254 valence electrons. The summed E-state index contributed by atoms with van der Waals surface area (Å²) in [6.07, 6.45) is -4.85. The standard InChI is InChI=1S/C30H37FIN6O8P/c1-16(25(39)43-15-29(2,3)4)37-47(41,46-19-13-9-11-17-10-7-8-12-18(17)19)44-14-20-22(31)30(5,40)26(45-20)38-23-21(34-27(38)32)24(42-6)36-28(33)35-23/h7-13,16,20,22,26,40H,14-15H2,1-6H3,(H,37,41)(H2,33,35,36)/t16-,20+,22+,26?,30+,47?/m0/s1. The quantitative estimate of drug-likeness (QED) is 0.0807. The molecule has 3 heterocycles. The van der Waals surface area contributed by atoms with Crippen LogP contribution < -0.4 is 20.1 Å². The number of carbonyl (C=O) groups is 1. The average molecular weight is 787 g/mol. The summed E-state index contributed by atoms with van der Waals surface area (Å²) in [5.74, 6) is -0.527. The van der Waals surface area contributed by atoms with Gasteiger partial charge in [-0.1, -0.05) is 57.2 Å². The number of nitrogens with two attached hydrogens (primary N) is 1. The second-order valence-corrected chi connectivity index (χ2v) is 15.2. The Morgan fingerprint density at radius 1 is 1.23 bits per heavy atom. The first-order chi connectivity index (χ1) is 22.0. The van der Waals surface area contributed by atoms with Gasteiger partial charge in [0, 0.05) is 28.0 Å². The minimum absolute atomic E-state index is 0.0891. The fourth-order valence-electron chi connectivity index (χ4n) is 4.99. The summed E-state index contributed by atoms with van der Waals surface area (Å²) in [5.41, 5.74) is 3.80. The number of fused-ring (bicyclic) bond motifs is 2. The number of aliphatic hydroxyl groups is 1. The monoisotopic (exact) mass is 786 g/mol. The Hall–Kier alpha value is -3.15. The summed E-state index contributed by atoms with van der Waals surface area (Å²) in [7, 11) is -3.05. The van der Waals surface area contributed by atoms with E-state index in [9.17, 15) is 14.5 Å². The number of esters is 1. The summed E-state index contributed by atoms with van der Waals surface area (Å²) < 4.78 is 60.4. The second kappa shape index (κ2) is 13.4. The van der Waals surface area contributed by atoms with Crippen molar-refractivity contribution in [2.24, 2.45) is 5.41 Å². The third-order valence-corrected chi connectivity index (χ3v) is 9.72. The van der Waals surface area contributed by atoms with Crippen LogP contribution in [0.2, 0.25) is 0 Å². The number of methoxy groups -OCH3 is 1. The van der Waals surface area contributed by atoms with Crippen molar-refractivity contribution in [2.45, 2.75) is 64.8 Å². The molecule has 47 heavy (non-hydrogen) atoms. The molecule has 4 aromatic rings. The molecule has 1 aliphatic rings. The zero-order valence-electron chi connectivity index (χ0n) is 26.6. The molecule has 6 atom stereocenters. The SMILES string of the molecule is COc1nc(N)nc2c1nc(I)n2C1O[C@H](COP(=O)(N[C@@H](C)C(=O)OCC(C)(C)C)Oc2cccc3ccccc23)[C@@H](F)[C@@]1(C)O. The van der Waals surface area contributed by atoms with Gasteiger partial charge in [-0.05, 0) is 30.7 Å². The lowest BCUT2D eigenvalue weighted by Crippen LogP contribution is -2.42. The molecule has 1 saturated heterocycles. The Balaban J connectivity index is 1.42. The molecule has 0 aliphatic carbocycles. The maximum absolute atomic E-state index is 16.0. The minimum Gasteiger partial charge on any atom is -0.479 e. The van der Waals surface area contributed by atoms with Gasteiger partial charge in [-0.25, -0.2) is 13.9 Å². The molecule has 0 bridgehead atoms. The highest BCUT2D eigenvalue weighted by Crippen LogP contribution is 2.49. The van der Waals surface area contributed by atoms with Crippen molar-refractivity contribution in [3.8, 4) is 11.6 Å². The molecule has 1 fully saturated rings. The first kappa shape index (κ1) is 35.2. The second-order valence-electron chi connectivity index (χ2n) is 12.5. The van der Waals surface area contributed by atoms with Crippen molar-refractivity contribution in [3.63, 3.8) is 0 Å². The Kier molecular flexibility index (Phi) is 10.0. The van der Waals surface area contributed by atoms with E-state index in [0.29, 0.717) is 5.39 Å². The van der Waals surface area contributed by atoms with Crippen molar-refractivity contribution in [2.75, 3.05) is 26.1 Å². The van der Waals surface area contributed by atoms with Crippen LogP contribution in [0.25, 0.3) is 21.9 Å². The molecule has 1 aliphatic heterocycles. The zero-order valence-corrected chi connectivity index (χ0v) is 29.7. The van der Waals surface area contributed by atoms with E-state index in [4.69, 9.17) is 29.0 Å². The molecule has 14 nitrogen and oxygen atoms in total. The van der Waals surface area contributed by atoms with Crippen molar-refractivity contribution < 1.29 is 42.1 Å². The van der Waals surface area contributed by atoms with Crippen LogP contribution in [0.5, 0.6) is 11.6 Å².